The Morgan fingerprint density at radius 2 is 1.66 bits per heavy atom. The van der Waals surface area contributed by atoms with Crippen LogP contribution in [0.1, 0.15) is 89.1 Å². The van der Waals surface area contributed by atoms with Gasteiger partial charge in [0.2, 0.25) is 0 Å². The van der Waals surface area contributed by atoms with Crippen LogP contribution in [0.2, 0.25) is 23.2 Å². The Hall–Kier alpha value is -5.23. The lowest BCUT2D eigenvalue weighted by Crippen LogP contribution is -2.47. The number of H-pyrrole nitrogens is 1. The molecule has 0 bridgehead atoms. The number of nitro benzene ring substituents is 1. The molecule has 3 heterocycles. The number of rotatable bonds is 17. The number of anilines is 2. The second-order valence-corrected chi connectivity index (χ2v) is 28.7. The smallest absolute Gasteiger partial charge is 0.293 e. The number of ether oxygens (including phenoxy) is 1. The minimum absolute atomic E-state index is 0.00531. The highest BCUT2D eigenvalue weighted by molar-refractivity contribution is 7.90. The Balaban J connectivity index is 0.936. The van der Waals surface area contributed by atoms with Crippen LogP contribution in [0.4, 0.5) is 17.1 Å². The van der Waals surface area contributed by atoms with Crippen LogP contribution in [0.5, 0.6) is 11.5 Å². The summed E-state index contributed by atoms with van der Waals surface area (Å²) in [6.07, 6.45) is 7.53. The van der Waals surface area contributed by atoms with Gasteiger partial charge in [-0.1, -0.05) is 63.9 Å². The van der Waals surface area contributed by atoms with E-state index in [0.29, 0.717) is 5.75 Å². The number of aromatic amines is 1. The number of carbonyl (C=O) groups is 1. The number of amides is 1. The van der Waals surface area contributed by atoms with Gasteiger partial charge in [0, 0.05) is 105 Å². The predicted molar refractivity (Wildman–Crippen MR) is 288 cm³/mol. The van der Waals surface area contributed by atoms with Gasteiger partial charge >= 0.3 is 0 Å². The first-order chi connectivity index (χ1) is 33.6. The number of piperidine rings is 1. The third-order valence-corrected chi connectivity index (χ3v) is 21.1. The molecule has 3 aliphatic rings. The molecule has 1 aliphatic carbocycles. The van der Waals surface area contributed by atoms with E-state index in [1.165, 1.54) is 28.8 Å². The zero-order valence-electron chi connectivity index (χ0n) is 42.3. The van der Waals surface area contributed by atoms with Crippen molar-refractivity contribution in [1.82, 2.24) is 19.5 Å². The lowest BCUT2D eigenvalue weighted by molar-refractivity contribution is -0.384. The van der Waals surface area contributed by atoms with Crippen LogP contribution < -0.4 is 19.7 Å². The van der Waals surface area contributed by atoms with Gasteiger partial charge in [-0.2, -0.15) is 0 Å². The van der Waals surface area contributed by atoms with Gasteiger partial charge in [0.25, 0.3) is 21.6 Å². The van der Waals surface area contributed by atoms with Crippen molar-refractivity contribution < 1.29 is 27.3 Å². The first-order valence-electron chi connectivity index (χ1n) is 24.9. The quantitative estimate of drug-likeness (QED) is 0.0352. The van der Waals surface area contributed by atoms with Gasteiger partial charge in [0.1, 0.15) is 17.2 Å². The van der Waals surface area contributed by atoms with Gasteiger partial charge in [-0.15, -0.1) is 0 Å². The zero-order valence-corrected chi connectivity index (χ0v) is 44.8. The van der Waals surface area contributed by atoms with Crippen LogP contribution in [0.3, 0.4) is 0 Å². The van der Waals surface area contributed by atoms with Gasteiger partial charge in [0.05, 0.1) is 15.4 Å². The summed E-state index contributed by atoms with van der Waals surface area (Å²) in [6, 6.07) is 24.5. The molecule has 1 amide bonds. The van der Waals surface area contributed by atoms with E-state index in [9.17, 15) is 23.3 Å². The minimum atomic E-state index is -4.57. The number of aromatic nitrogens is 1. The summed E-state index contributed by atoms with van der Waals surface area (Å²) >= 11 is 6.26. The molecule has 5 aromatic rings. The van der Waals surface area contributed by atoms with Crippen molar-refractivity contribution in [3.63, 3.8) is 0 Å². The number of halogens is 1. The highest BCUT2D eigenvalue weighted by atomic mass is 35.5. The van der Waals surface area contributed by atoms with E-state index in [2.05, 4.69) is 89.6 Å². The maximum atomic E-state index is 14.1. The fourth-order valence-electron chi connectivity index (χ4n) is 9.64. The first kappa shape index (κ1) is 52.1. The van der Waals surface area contributed by atoms with E-state index < -0.39 is 34.1 Å². The predicted octanol–water partition coefficient (Wildman–Crippen LogP) is 11.7. The van der Waals surface area contributed by atoms with Gasteiger partial charge in [-0.25, -0.2) is 13.1 Å². The standard InChI is InChI=1S/C54H70ClN7O7SSi/c1-53(2,3)71(6,7)68-32-8-25-59-26-21-42(22-27-59)57-49-18-15-45(35-50(49)62(64)65)70(66,67)58-52(63)46-16-13-43(34-51(46)69-44-14-17-48-39(33-44)20-24-56-48)61-30-28-60(29-31-61)37-40-19-23-54(4,5)36-47(40)38-9-11-41(55)12-10-38/h9-18,20,24,33-35,42,56-57H,8,19,21-23,25-32,36-37H2,1-7H3,(H,58,63). The molecule has 0 radical (unpaired) electrons. The van der Waals surface area contributed by atoms with Crippen molar-refractivity contribution in [1.29, 1.82) is 0 Å². The number of sulfonamides is 1. The van der Waals surface area contributed by atoms with Crippen molar-refractivity contribution in [3.8, 4) is 11.5 Å². The number of allylic oxidation sites excluding steroid dienone is 1. The number of hydrogen-bond donors (Lipinski definition) is 3. The van der Waals surface area contributed by atoms with E-state index in [-0.39, 0.29) is 39.2 Å². The molecule has 2 fully saturated rings. The number of nitrogens with one attached hydrogen (secondary N) is 3. The van der Waals surface area contributed by atoms with Crippen LogP contribution in [-0.2, 0) is 14.4 Å². The van der Waals surface area contributed by atoms with E-state index in [4.69, 9.17) is 20.8 Å². The van der Waals surface area contributed by atoms with Gasteiger partial charge < -0.3 is 29.3 Å². The molecule has 380 valence electrons. The summed E-state index contributed by atoms with van der Waals surface area (Å²) in [5.41, 5.74) is 5.93. The molecule has 2 aliphatic heterocycles. The summed E-state index contributed by atoms with van der Waals surface area (Å²) < 4.78 is 42.8. The van der Waals surface area contributed by atoms with E-state index in [1.54, 1.807) is 18.2 Å². The molecule has 0 atom stereocenters. The number of likely N-dealkylation sites (tertiary alicyclic amines) is 1. The molecule has 2 saturated heterocycles. The van der Waals surface area contributed by atoms with E-state index in [0.717, 1.165) is 125 Å². The number of carbonyl (C=O) groups excluding carboxylic acids is 1. The number of benzene rings is 4. The fraction of sp³-hybridized carbons (Fsp3) is 0.463. The van der Waals surface area contributed by atoms with E-state index in [1.807, 2.05) is 42.6 Å². The topological polar surface area (TPSA) is 162 Å². The van der Waals surface area contributed by atoms with Crippen LogP contribution in [0.15, 0.2) is 102 Å². The zero-order chi connectivity index (χ0) is 50.7. The largest absolute Gasteiger partial charge is 0.456 e. The lowest BCUT2D eigenvalue weighted by atomic mass is 9.72. The molecule has 71 heavy (non-hydrogen) atoms. The van der Waals surface area contributed by atoms with Crippen LogP contribution in [0.25, 0.3) is 16.5 Å². The van der Waals surface area contributed by atoms with Crippen molar-refractivity contribution in [2.45, 2.75) is 102 Å². The normalized spacial score (nSPS) is 17.7. The molecule has 14 nitrogen and oxygen atoms in total. The molecular weight excluding hydrogens is 954 g/mol. The number of hydrogen-bond acceptors (Lipinski definition) is 11. The second-order valence-electron chi connectivity index (χ2n) is 21.8. The summed E-state index contributed by atoms with van der Waals surface area (Å²) in [4.78, 5) is 35.8. The van der Waals surface area contributed by atoms with Crippen LogP contribution in [-0.4, -0.2) is 107 Å². The lowest BCUT2D eigenvalue weighted by Gasteiger charge is -2.39. The Labute approximate surface area is 425 Å². The average molecular weight is 1020 g/mol. The fourth-order valence-corrected chi connectivity index (χ4v) is 11.8. The third-order valence-electron chi connectivity index (χ3n) is 15.0. The minimum Gasteiger partial charge on any atom is -0.456 e. The summed E-state index contributed by atoms with van der Waals surface area (Å²) in [5.74, 6) is -0.290. The van der Waals surface area contributed by atoms with Gasteiger partial charge in [-0.3, -0.25) is 19.8 Å². The Kier molecular flexibility index (Phi) is 15.8. The molecule has 8 rings (SSSR count). The van der Waals surface area contributed by atoms with Crippen molar-refractivity contribution >= 4 is 69.4 Å². The highest BCUT2D eigenvalue weighted by Crippen LogP contribution is 2.44. The van der Waals surface area contributed by atoms with Crippen molar-refractivity contribution in [2.75, 3.05) is 69.2 Å². The number of piperazine rings is 1. The molecule has 3 N–H and O–H groups in total. The number of fused-ring (bicyclic) bond motifs is 1. The van der Waals surface area contributed by atoms with Gasteiger partial charge in [-0.05, 0) is 134 Å². The summed E-state index contributed by atoms with van der Waals surface area (Å²) in [6.45, 7) is 23.3. The molecule has 0 spiro atoms. The monoisotopic (exact) mass is 1020 g/mol. The maximum absolute atomic E-state index is 14.1. The SMILES string of the molecule is CC1(C)CCC(CN2CCN(c3ccc(C(=O)NS(=O)(=O)c4ccc(NC5CCN(CCCO[Si](C)(C)C(C)(C)C)CC5)c([N+](=O)[O-])c4)c(Oc4ccc5[nH]ccc5c4)c3)CC2)=C(c2ccc(Cl)cc2)C1. The van der Waals surface area contributed by atoms with Crippen molar-refractivity contribution in [3.05, 3.63) is 123 Å². The maximum Gasteiger partial charge on any atom is 0.293 e. The number of nitrogens with zero attached hydrogens (tertiary/aromatic N) is 4. The second kappa shape index (κ2) is 21.5. The highest BCUT2D eigenvalue weighted by Gasteiger charge is 2.37. The van der Waals surface area contributed by atoms with Gasteiger partial charge in [0.15, 0.2) is 8.32 Å². The molecule has 0 unspecified atom stereocenters. The Morgan fingerprint density at radius 3 is 2.37 bits per heavy atom. The summed E-state index contributed by atoms with van der Waals surface area (Å²) in [7, 11) is -6.37. The Bertz CT molecular complexity index is 2860. The van der Waals surface area contributed by atoms with E-state index >= 15 is 0 Å². The summed E-state index contributed by atoms with van der Waals surface area (Å²) in [5, 5.41) is 17.5. The molecule has 1 aromatic heterocycles. The van der Waals surface area contributed by atoms with Crippen LogP contribution >= 0.6 is 11.6 Å². The molecule has 0 saturated carbocycles. The Morgan fingerprint density at radius 1 is 0.930 bits per heavy atom. The first-order valence-corrected chi connectivity index (χ1v) is 29.7. The molecule has 17 heteroatoms. The molecular formula is C54H70ClN7O7SSi. The average Bonchev–Trinajstić information content (AvgIpc) is 3.80. The molecule has 4 aromatic carbocycles. The number of nitro groups is 1. The third kappa shape index (κ3) is 12.9. The van der Waals surface area contributed by atoms with Crippen LogP contribution in [0, 0.1) is 15.5 Å². The van der Waals surface area contributed by atoms with Crippen molar-refractivity contribution in [2.24, 2.45) is 5.41 Å².